The third-order valence-corrected chi connectivity index (χ3v) is 11.6. The average Bonchev–Trinajstić information content (AvgIpc) is 3.78. The van der Waals surface area contributed by atoms with E-state index in [1.807, 2.05) is 36.4 Å². The van der Waals surface area contributed by atoms with Gasteiger partial charge in [-0.2, -0.15) is 0 Å². The summed E-state index contributed by atoms with van der Waals surface area (Å²) in [7, 11) is -2.12. The van der Waals surface area contributed by atoms with Crippen LogP contribution < -0.4 is 10.4 Å². The first-order valence-electron chi connectivity index (χ1n) is 16.5. The molecule has 236 valence electrons. The first-order chi connectivity index (χ1) is 23.0. The van der Waals surface area contributed by atoms with Gasteiger partial charge >= 0.3 is 0 Å². The zero-order chi connectivity index (χ0) is 32.2. The number of nitrogens with zero attached hydrogens (tertiary/aromatic N) is 1. The fourth-order valence-corrected chi connectivity index (χ4v) is 9.06. The van der Waals surface area contributed by atoms with E-state index in [0.717, 1.165) is 29.0 Å². The molecule has 1 aliphatic rings. The zero-order valence-corrected chi connectivity index (χ0v) is 28.4. The number of aromatic nitrogens is 1. The summed E-state index contributed by atoms with van der Waals surface area (Å²) < 4.78 is 20.8. The van der Waals surface area contributed by atoms with Gasteiger partial charge in [0.25, 0.3) is 0 Å². The van der Waals surface area contributed by atoms with Crippen molar-refractivity contribution in [2.75, 3.05) is 6.61 Å². The van der Waals surface area contributed by atoms with E-state index in [2.05, 4.69) is 130 Å². The van der Waals surface area contributed by atoms with Crippen LogP contribution in [0.4, 0.5) is 0 Å². The van der Waals surface area contributed by atoms with Crippen molar-refractivity contribution in [3.05, 3.63) is 163 Å². The molecule has 1 aromatic heterocycles. The lowest BCUT2D eigenvalue weighted by molar-refractivity contribution is 0.0268. The van der Waals surface area contributed by atoms with E-state index >= 15 is 0 Å². The molecule has 0 aliphatic carbocycles. The molecule has 1 saturated heterocycles. The van der Waals surface area contributed by atoms with Gasteiger partial charge in [-0.25, -0.2) is 4.98 Å². The van der Waals surface area contributed by atoms with Gasteiger partial charge in [-0.15, -0.1) is 0 Å². The molecule has 6 aromatic rings. The van der Waals surface area contributed by atoms with Crippen molar-refractivity contribution in [1.82, 2.24) is 4.98 Å². The maximum absolute atomic E-state index is 7.51. The molecule has 2 heterocycles. The fraction of sp³-hybridized carbons (Fsp3) is 0.214. The normalized spacial score (nSPS) is 17.2. The molecule has 1 aliphatic heterocycles. The minimum absolute atomic E-state index is 0.000432. The van der Waals surface area contributed by atoms with Gasteiger partial charge in [-0.1, -0.05) is 166 Å². The summed E-state index contributed by atoms with van der Waals surface area (Å²) in [5.74, 6) is 1.36. The van der Waals surface area contributed by atoms with Crippen LogP contribution in [-0.4, -0.2) is 20.6 Å². The van der Waals surface area contributed by atoms with Crippen molar-refractivity contribution in [2.24, 2.45) is 5.92 Å². The minimum Gasteiger partial charge on any atom is -0.437 e. The van der Waals surface area contributed by atoms with Crippen LogP contribution in [0.2, 0.25) is 0 Å². The van der Waals surface area contributed by atoms with Crippen LogP contribution in [0.3, 0.4) is 0 Å². The Labute approximate surface area is 279 Å². The summed E-state index contributed by atoms with van der Waals surface area (Å²) in [5.41, 5.74) is 5.28. The maximum atomic E-state index is 7.51. The fourth-order valence-electron chi connectivity index (χ4n) is 6.57. The standard InChI is InChI=1S/C42H41NO3Si/c1-42(2,3)33-22-16-21-32(29-33)38(46-47(34-23-12-6-13-24-34)35-25-14-7-15-26-35)36-27-28-44-40(36)41-43-37(30-17-8-4-9-18-30)39(45-41)31-19-10-5-11-20-31/h4-26,29,36,38,40,47H,27-28H2,1-3H3. The Balaban J connectivity index is 1.34. The van der Waals surface area contributed by atoms with Crippen LogP contribution in [0.25, 0.3) is 22.6 Å². The van der Waals surface area contributed by atoms with E-state index in [9.17, 15) is 0 Å². The Morgan fingerprint density at radius 2 is 1.28 bits per heavy atom. The van der Waals surface area contributed by atoms with Crippen molar-refractivity contribution in [3.8, 4) is 22.6 Å². The van der Waals surface area contributed by atoms with Gasteiger partial charge in [0.05, 0.1) is 6.10 Å². The van der Waals surface area contributed by atoms with Gasteiger partial charge < -0.3 is 13.6 Å². The molecular formula is C42H41NO3Si. The third-order valence-electron chi connectivity index (χ3n) is 9.07. The number of ether oxygens (including phenoxy) is 1. The lowest BCUT2D eigenvalue weighted by atomic mass is 9.83. The summed E-state index contributed by atoms with van der Waals surface area (Å²) in [4.78, 5) is 5.18. The van der Waals surface area contributed by atoms with E-state index in [1.165, 1.54) is 21.5 Å². The second-order valence-corrected chi connectivity index (χ2v) is 15.7. The largest absolute Gasteiger partial charge is 0.437 e. The van der Waals surface area contributed by atoms with Crippen molar-refractivity contribution in [3.63, 3.8) is 0 Å². The average molecular weight is 636 g/mol. The Bertz CT molecular complexity index is 1790. The van der Waals surface area contributed by atoms with Crippen molar-refractivity contribution in [1.29, 1.82) is 0 Å². The maximum Gasteiger partial charge on any atom is 0.240 e. The van der Waals surface area contributed by atoms with Gasteiger partial charge in [0.15, 0.2) is 5.76 Å². The quantitative estimate of drug-likeness (QED) is 0.149. The number of benzene rings is 5. The second kappa shape index (κ2) is 13.7. The lowest BCUT2D eigenvalue weighted by Gasteiger charge is -2.32. The molecule has 0 saturated carbocycles. The van der Waals surface area contributed by atoms with Crippen LogP contribution in [0.15, 0.2) is 150 Å². The second-order valence-electron chi connectivity index (χ2n) is 13.3. The van der Waals surface area contributed by atoms with Crippen LogP contribution >= 0.6 is 0 Å². The third kappa shape index (κ3) is 6.79. The van der Waals surface area contributed by atoms with E-state index < -0.39 is 9.04 Å². The highest BCUT2D eigenvalue weighted by Gasteiger charge is 2.42. The SMILES string of the molecule is CC(C)(C)c1cccc(C(O[SiH](c2ccccc2)c2ccccc2)C2CCOC2c2nc(-c3ccccc3)c(-c3ccccc3)o2)c1. The molecule has 3 unspecified atom stereocenters. The van der Waals surface area contributed by atoms with Crippen LogP contribution in [-0.2, 0) is 14.6 Å². The number of hydrogen-bond acceptors (Lipinski definition) is 4. The molecule has 0 N–H and O–H groups in total. The number of oxazole rings is 1. The molecule has 0 bridgehead atoms. The molecular weight excluding hydrogens is 595 g/mol. The summed E-state index contributed by atoms with van der Waals surface area (Å²) in [6.45, 7) is 7.40. The highest BCUT2D eigenvalue weighted by molar-refractivity contribution is 6.80. The zero-order valence-electron chi connectivity index (χ0n) is 27.3. The van der Waals surface area contributed by atoms with Crippen LogP contribution in [0.5, 0.6) is 0 Å². The molecule has 7 rings (SSSR count). The summed E-state index contributed by atoms with van der Waals surface area (Å²) >= 11 is 0. The first kappa shape index (κ1) is 31.1. The molecule has 0 radical (unpaired) electrons. The number of rotatable bonds is 9. The van der Waals surface area contributed by atoms with Gasteiger partial charge in [-0.05, 0) is 33.3 Å². The summed E-state index contributed by atoms with van der Waals surface area (Å²) in [5, 5.41) is 2.50. The van der Waals surface area contributed by atoms with Crippen LogP contribution in [0.1, 0.15) is 56.4 Å². The van der Waals surface area contributed by atoms with E-state index in [4.69, 9.17) is 18.6 Å². The highest BCUT2D eigenvalue weighted by atomic mass is 28.3. The Morgan fingerprint density at radius 1 is 0.702 bits per heavy atom. The summed E-state index contributed by atoms with van der Waals surface area (Å²) in [6, 6.07) is 50.9. The van der Waals surface area contributed by atoms with Crippen molar-refractivity contribution in [2.45, 2.75) is 44.8 Å². The van der Waals surface area contributed by atoms with Gasteiger partial charge in [0.2, 0.25) is 14.9 Å². The topological polar surface area (TPSA) is 44.5 Å². The highest BCUT2D eigenvalue weighted by Crippen LogP contribution is 2.46. The monoisotopic (exact) mass is 635 g/mol. The molecule has 1 fully saturated rings. The van der Waals surface area contributed by atoms with Crippen molar-refractivity contribution >= 4 is 19.4 Å². The minimum atomic E-state index is -2.12. The predicted octanol–water partition coefficient (Wildman–Crippen LogP) is 8.68. The molecule has 0 spiro atoms. The molecule has 47 heavy (non-hydrogen) atoms. The van der Waals surface area contributed by atoms with E-state index in [0.29, 0.717) is 12.5 Å². The lowest BCUT2D eigenvalue weighted by Crippen LogP contribution is -2.46. The molecule has 3 atom stereocenters. The van der Waals surface area contributed by atoms with Gasteiger partial charge in [0, 0.05) is 23.7 Å². The molecule has 4 nitrogen and oxygen atoms in total. The van der Waals surface area contributed by atoms with Gasteiger partial charge in [0.1, 0.15) is 11.8 Å². The van der Waals surface area contributed by atoms with Crippen LogP contribution in [0, 0.1) is 5.92 Å². The van der Waals surface area contributed by atoms with Gasteiger partial charge in [-0.3, -0.25) is 0 Å². The number of hydrogen-bond donors (Lipinski definition) is 0. The summed E-state index contributed by atoms with van der Waals surface area (Å²) in [6.07, 6.45) is 0.247. The van der Waals surface area contributed by atoms with Crippen molar-refractivity contribution < 1.29 is 13.6 Å². The smallest absolute Gasteiger partial charge is 0.240 e. The molecule has 5 heteroatoms. The van der Waals surface area contributed by atoms with E-state index in [-0.39, 0.29) is 23.5 Å². The Kier molecular flexibility index (Phi) is 9.03. The predicted molar refractivity (Wildman–Crippen MR) is 192 cm³/mol. The Hall–Kier alpha value is -4.55. The molecule has 0 amide bonds. The van der Waals surface area contributed by atoms with E-state index in [1.54, 1.807) is 0 Å². The Morgan fingerprint density at radius 3 is 1.87 bits per heavy atom. The molecule has 5 aromatic carbocycles. The first-order valence-corrected chi connectivity index (χ1v) is 18.2.